The van der Waals surface area contributed by atoms with Gasteiger partial charge in [0.15, 0.2) is 0 Å². The first-order valence-corrected chi connectivity index (χ1v) is 7.34. The van der Waals surface area contributed by atoms with E-state index in [1.165, 1.54) is 10.6 Å². The van der Waals surface area contributed by atoms with E-state index in [1.807, 2.05) is 13.0 Å². The van der Waals surface area contributed by atoms with Gasteiger partial charge >= 0.3 is 0 Å². The van der Waals surface area contributed by atoms with Crippen molar-refractivity contribution in [2.75, 3.05) is 19.3 Å². The zero-order chi connectivity index (χ0) is 12.5. The molecule has 17 heavy (non-hydrogen) atoms. The smallest absolute Gasteiger partial charge is 0.213 e. The Morgan fingerprint density at radius 1 is 1.47 bits per heavy atom. The Morgan fingerprint density at radius 2 is 2.24 bits per heavy atom. The van der Waals surface area contributed by atoms with Gasteiger partial charge in [0.05, 0.1) is 12.8 Å². The molecule has 1 aromatic heterocycles. The Hall–Kier alpha value is -1.14. The second-order valence-electron chi connectivity index (χ2n) is 4.32. The van der Waals surface area contributed by atoms with Gasteiger partial charge in [0.2, 0.25) is 15.9 Å². The summed E-state index contributed by atoms with van der Waals surface area (Å²) in [6.45, 7) is 2.89. The fourth-order valence-corrected chi connectivity index (χ4v) is 2.66. The minimum Gasteiger partial charge on any atom is -0.473 e. The molecule has 1 aliphatic heterocycles. The highest BCUT2D eigenvalue weighted by molar-refractivity contribution is 7.88. The largest absolute Gasteiger partial charge is 0.473 e. The first kappa shape index (κ1) is 12.3. The summed E-state index contributed by atoms with van der Waals surface area (Å²) in [7, 11) is -3.10. The maximum Gasteiger partial charge on any atom is 0.213 e. The second kappa shape index (κ2) is 4.62. The highest BCUT2D eigenvalue weighted by atomic mass is 32.2. The molecule has 1 aromatic rings. The molecule has 0 saturated carbocycles. The number of pyridine rings is 1. The van der Waals surface area contributed by atoms with Crippen LogP contribution >= 0.6 is 0 Å². The maximum atomic E-state index is 11.3. The van der Waals surface area contributed by atoms with Gasteiger partial charge in [-0.05, 0) is 18.9 Å². The van der Waals surface area contributed by atoms with Gasteiger partial charge in [0.25, 0.3) is 0 Å². The van der Waals surface area contributed by atoms with E-state index in [1.54, 1.807) is 12.3 Å². The van der Waals surface area contributed by atoms with Crippen LogP contribution in [0.25, 0.3) is 0 Å². The molecule has 2 rings (SSSR count). The lowest BCUT2D eigenvalue weighted by molar-refractivity contribution is 0.207. The van der Waals surface area contributed by atoms with Crippen LogP contribution in [0.5, 0.6) is 5.88 Å². The number of hydrogen-bond acceptors (Lipinski definition) is 4. The maximum absolute atomic E-state index is 11.3. The third-order valence-corrected chi connectivity index (χ3v) is 4.02. The molecule has 1 atom stereocenters. The highest BCUT2D eigenvalue weighted by Crippen LogP contribution is 2.18. The van der Waals surface area contributed by atoms with Crippen molar-refractivity contribution in [1.29, 1.82) is 0 Å². The average molecular weight is 256 g/mol. The third-order valence-electron chi connectivity index (χ3n) is 2.75. The molecular formula is C11H16N2O3S. The summed E-state index contributed by atoms with van der Waals surface area (Å²) in [5.41, 5.74) is 1.07. The number of nitrogens with zero attached hydrogens (tertiary/aromatic N) is 2. The summed E-state index contributed by atoms with van der Waals surface area (Å²) >= 11 is 0. The fourth-order valence-electron chi connectivity index (χ4n) is 1.79. The molecule has 1 unspecified atom stereocenters. The molecule has 94 valence electrons. The molecule has 0 bridgehead atoms. The standard InChI is InChI=1S/C11H16N2O3S/c1-9-3-4-11(12-7-9)16-10-5-6-13(8-10)17(2,14)15/h3-4,7,10H,5-6,8H2,1-2H3. The Bertz CT molecular complexity index is 484. The van der Waals surface area contributed by atoms with Crippen molar-refractivity contribution >= 4 is 10.0 Å². The molecule has 6 heteroatoms. The molecule has 0 spiro atoms. The van der Waals surface area contributed by atoms with Gasteiger partial charge in [-0.2, -0.15) is 4.31 Å². The fraction of sp³-hybridized carbons (Fsp3) is 0.545. The van der Waals surface area contributed by atoms with Crippen LogP contribution < -0.4 is 4.74 Å². The number of hydrogen-bond donors (Lipinski definition) is 0. The van der Waals surface area contributed by atoms with Gasteiger partial charge in [-0.25, -0.2) is 13.4 Å². The van der Waals surface area contributed by atoms with Gasteiger partial charge in [0, 0.05) is 18.8 Å². The predicted molar refractivity (Wildman–Crippen MR) is 64.4 cm³/mol. The summed E-state index contributed by atoms with van der Waals surface area (Å²) in [5, 5.41) is 0. The normalized spacial score (nSPS) is 21.6. The van der Waals surface area contributed by atoms with Crippen LogP contribution in [0.15, 0.2) is 18.3 Å². The number of sulfonamides is 1. The Kier molecular flexibility index (Phi) is 3.35. The van der Waals surface area contributed by atoms with Crippen molar-refractivity contribution in [3.05, 3.63) is 23.9 Å². The predicted octanol–water partition coefficient (Wildman–Crippen LogP) is 0.803. The second-order valence-corrected chi connectivity index (χ2v) is 6.31. The van der Waals surface area contributed by atoms with Crippen molar-refractivity contribution in [3.63, 3.8) is 0 Å². The molecule has 0 aliphatic carbocycles. The van der Waals surface area contributed by atoms with Crippen molar-refractivity contribution < 1.29 is 13.2 Å². The van der Waals surface area contributed by atoms with E-state index in [-0.39, 0.29) is 6.10 Å². The Balaban J connectivity index is 1.96. The van der Waals surface area contributed by atoms with Gasteiger partial charge < -0.3 is 4.74 Å². The topological polar surface area (TPSA) is 59.5 Å². The van der Waals surface area contributed by atoms with E-state index in [4.69, 9.17) is 4.74 Å². The van der Waals surface area contributed by atoms with E-state index in [0.717, 1.165) is 5.56 Å². The summed E-state index contributed by atoms with van der Waals surface area (Å²) < 4.78 is 29.7. The summed E-state index contributed by atoms with van der Waals surface area (Å²) in [5.74, 6) is 0.552. The number of aryl methyl sites for hydroxylation is 1. The molecular weight excluding hydrogens is 240 g/mol. The Morgan fingerprint density at radius 3 is 2.76 bits per heavy atom. The summed E-state index contributed by atoms with van der Waals surface area (Å²) in [6, 6.07) is 3.73. The zero-order valence-electron chi connectivity index (χ0n) is 9.96. The summed E-state index contributed by atoms with van der Waals surface area (Å²) in [6.07, 6.45) is 3.57. The van der Waals surface area contributed by atoms with Crippen LogP contribution in [-0.4, -0.2) is 43.2 Å². The van der Waals surface area contributed by atoms with Crippen LogP contribution in [-0.2, 0) is 10.0 Å². The molecule has 0 radical (unpaired) electrons. The van der Waals surface area contributed by atoms with Crippen LogP contribution in [0.2, 0.25) is 0 Å². The van der Waals surface area contributed by atoms with E-state index in [9.17, 15) is 8.42 Å². The van der Waals surface area contributed by atoms with Crippen LogP contribution in [0, 0.1) is 6.92 Å². The minimum absolute atomic E-state index is 0.0973. The molecule has 1 aliphatic rings. The van der Waals surface area contributed by atoms with Crippen molar-refractivity contribution in [1.82, 2.24) is 9.29 Å². The first-order chi connectivity index (χ1) is 7.95. The van der Waals surface area contributed by atoms with E-state index < -0.39 is 10.0 Å². The summed E-state index contributed by atoms with van der Waals surface area (Å²) in [4.78, 5) is 4.14. The van der Waals surface area contributed by atoms with Gasteiger partial charge in [-0.15, -0.1) is 0 Å². The molecule has 1 saturated heterocycles. The van der Waals surface area contributed by atoms with E-state index >= 15 is 0 Å². The number of ether oxygens (including phenoxy) is 1. The number of aromatic nitrogens is 1. The monoisotopic (exact) mass is 256 g/mol. The minimum atomic E-state index is -3.10. The lowest BCUT2D eigenvalue weighted by Crippen LogP contribution is -2.30. The van der Waals surface area contributed by atoms with E-state index in [2.05, 4.69) is 4.98 Å². The lowest BCUT2D eigenvalue weighted by atomic mass is 10.3. The zero-order valence-corrected chi connectivity index (χ0v) is 10.8. The van der Waals surface area contributed by atoms with Crippen LogP contribution in [0.4, 0.5) is 0 Å². The van der Waals surface area contributed by atoms with Crippen molar-refractivity contribution in [3.8, 4) is 5.88 Å². The van der Waals surface area contributed by atoms with Gasteiger partial charge in [0.1, 0.15) is 6.10 Å². The van der Waals surface area contributed by atoms with Crippen molar-refractivity contribution in [2.45, 2.75) is 19.4 Å². The average Bonchev–Trinajstić information content (AvgIpc) is 2.69. The van der Waals surface area contributed by atoms with Gasteiger partial charge in [-0.3, -0.25) is 0 Å². The molecule has 2 heterocycles. The molecule has 5 nitrogen and oxygen atoms in total. The highest BCUT2D eigenvalue weighted by Gasteiger charge is 2.29. The first-order valence-electron chi connectivity index (χ1n) is 5.49. The SMILES string of the molecule is Cc1ccc(OC2CCN(S(C)(=O)=O)C2)nc1. The third kappa shape index (κ3) is 3.17. The van der Waals surface area contributed by atoms with Crippen molar-refractivity contribution in [2.24, 2.45) is 0 Å². The lowest BCUT2D eigenvalue weighted by Gasteiger charge is -2.14. The molecule has 0 aromatic carbocycles. The van der Waals surface area contributed by atoms with Crippen LogP contribution in [0.1, 0.15) is 12.0 Å². The Labute approximate surface area is 101 Å². The quantitative estimate of drug-likeness (QED) is 0.802. The molecule has 0 amide bonds. The van der Waals surface area contributed by atoms with Crippen LogP contribution in [0.3, 0.4) is 0 Å². The molecule has 1 fully saturated rings. The number of rotatable bonds is 3. The molecule has 0 N–H and O–H groups in total. The van der Waals surface area contributed by atoms with E-state index in [0.29, 0.717) is 25.4 Å². The van der Waals surface area contributed by atoms with Gasteiger partial charge in [-0.1, -0.05) is 6.07 Å².